The lowest BCUT2D eigenvalue weighted by Gasteiger charge is -2.17. The molecule has 1 aliphatic heterocycles. The molecule has 2 rings (SSSR count). The molecule has 18 heavy (non-hydrogen) atoms. The Morgan fingerprint density at radius 3 is 2.94 bits per heavy atom. The van der Waals surface area contributed by atoms with Crippen molar-refractivity contribution in [2.75, 3.05) is 18.6 Å². The Morgan fingerprint density at radius 1 is 1.56 bits per heavy atom. The second-order valence-corrected chi connectivity index (χ2v) is 6.96. The summed E-state index contributed by atoms with van der Waals surface area (Å²) >= 11 is 7.16. The van der Waals surface area contributed by atoms with E-state index in [1.807, 2.05) is 11.0 Å². The SMILES string of the molecule is CS(=O)(=O)N=C1SCCN1Cc1ccc(Cl)nc1. The van der Waals surface area contributed by atoms with Gasteiger partial charge in [0.1, 0.15) is 5.15 Å². The fourth-order valence-corrected chi connectivity index (χ4v) is 3.49. The minimum atomic E-state index is -3.35. The molecule has 0 N–H and O–H groups in total. The van der Waals surface area contributed by atoms with Crippen LogP contribution in [0.25, 0.3) is 0 Å². The first-order chi connectivity index (χ1) is 8.44. The van der Waals surface area contributed by atoms with Gasteiger partial charge in [0, 0.05) is 25.0 Å². The highest BCUT2D eigenvalue weighted by molar-refractivity contribution is 8.14. The Bertz CT molecular complexity index is 557. The second kappa shape index (κ2) is 5.46. The van der Waals surface area contributed by atoms with Gasteiger partial charge in [0.05, 0.1) is 6.26 Å². The van der Waals surface area contributed by atoms with Crippen LogP contribution >= 0.6 is 23.4 Å². The Hall–Kier alpha value is -0.790. The molecule has 1 aromatic rings. The third-order valence-corrected chi connectivity index (χ3v) is 4.11. The zero-order valence-electron chi connectivity index (χ0n) is 9.71. The molecule has 1 aromatic heterocycles. The molecule has 0 amide bonds. The fourth-order valence-electron chi connectivity index (χ4n) is 1.53. The summed E-state index contributed by atoms with van der Waals surface area (Å²) in [5, 5.41) is 0.993. The summed E-state index contributed by atoms with van der Waals surface area (Å²) in [6.07, 6.45) is 2.78. The van der Waals surface area contributed by atoms with E-state index in [1.165, 1.54) is 11.8 Å². The number of thioether (sulfide) groups is 1. The molecule has 0 spiro atoms. The van der Waals surface area contributed by atoms with Crippen LogP contribution in [-0.2, 0) is 16.6 Å². The van der Waals surface area contributed by atoms with E-state index in [4.69, 9.17) is 11.6 Å². The van der Waals surface area contributed by atoms with E-state index in [0.29, 0.717) is 16.9 Å². The van der Waals surface area contributed by atoms with Gasteiger partial charge in [-0.1, -0.05) is 29.4 Å². The summed E-state index contributed by atoms with van der Waals surface area (Å²) in [5.74, 6) is 0.843. The van der Waals surface area contributed by atoms with E-state index in [1.54, 1.807) is 12.3 Å². The van der Waals surface area contributed by atoms with Crippen LogP contribution in [0.3, 0.4) is 0 Å². The first-order valence-corrected chi connectivity index (χ1v) is 8.43. The maximum atomic E-state index is 11.2. The minimum absolute atomic E-state index is 0.444. The van der Waals surface area contributed by atoms with Gasteiger partial charge in [0.25, 0.3) is 10.0 Å². The molecule has 8 heteroatoms. The summed E-state index contributed by atoms with van der Waals surface area (Å²) in [7, 11) is -3.35. The molecule has 0 saturated carbocycles. The average molecular weight is 306 g/mol. The van der Waals surface area contributed by atoms with Crippen molar-refractivity contribution in [3.8, 4) is 0 Å². The molecule has 0 aromatic carbocycles. The number of amidine groups is 1. The van der Waals surface area contributed by atoms with Crippen molar-refractivity contribution in [1.29, 1.82) is 0 Å². The Morgan fingerprint density at radius 2 is 2.33 bits per heavy atom. The summed E-state index contributed by atoms with van der Waals surface area (Å²) < 4.78 is 26.1. The summed E-state index contributed by atoms with van der Waals surface area (Å²) in [6.45, 7) is 1.37. The number of nitrogens with zero attached hydrogens (tertiary/aromatic N) is 3. The second-order valence-electron chi connectivity index (χ2n) is 3.87. The van der Waals surface area contributed by atoms with Crippen molar-refractivity contribution in [3.63, 3.8) is 0 Å². The smallest absolute Gasteiger partial charge is 0.252 e. The standard InChI is InChI=1S/C10H12ClN3O2S2/c1-18(15,16)13-10-14(4-5-17-10)7-8-2-3-9(11)12-6-8/h2-3,6H,4-5,7H2,1H3. The molecule has 0 radical (unpaired) electrons. The van der Waals surface area contributed by atoms with Crippen LogP contribution in [-0.4, -0.2) is 42.0 Å². The lowest BCUT2D eigenvalue weighted by atomic mass is 10.3. The summed E-state index contributed by atoms with van der Waals surface area (Å²) in [5.41, 5.74) is 0.975. The number of halogens is 1. The van der Waals surface area contributed by atoms with E-state index < -0.39 is 10.0 Å². The molecule has 0 unspecified atom stereocenters. The number of hydrogen-bond donors (Lipinski definition) is 0. The highest BCUT2D eigenvalue weighted by atomic mass is 35.5. The van der Waals surface area contributed by atoms with E-state index in [2.05, 4.69) is 9.38 Å². The lowest BCUT2D eigenvalue weighted by Crippen LogP contribution is -2.24. The molecule has 1 saturated heterocycles. The van der Waals surface area contributed by atoms with Gasteiger partial charge in [-0.25, -0.2) is 13.4 Å². The molecule has 5 nitrogen and oxygen atoms in total. The fraction of sp³-hybridized carbons (Fsp3) is 0.400. The quantitative estimate of drug-likeness (QED) is 0.794. The van der Waals surface area contributed by atoms with Gasteiger partial charge in [-0.05, 0) is 11.6 Å². The van der Waals surface area contributed by atoms with Crippen LogP contribution in [0, 0.1) is 0 Å². The van der Waals surface area contributed by atoms with E-state index in [9.17, 15) is 8.42 Å². The molecule has 1 aliphatic rings. The first kappa shape index (κ1) is 13.6. The van der Waals surface area contributed by atoms with E-state index in [-0.39, 0.29) is 0 Å². The van der Waals surface area contributed by atoms with Crippen molar-refractivity contribution in [1.82, 2.24) is 9.88 Å². The molecule has 98 valence electrons. The minimum Gasteiger partial charge on any atom is -0.345 e. The van der Waals surface area contributed by atoms with Crippen molar-refractivity contribution >= 4 is 38.6 Å². The Balaban J connectivity index is 2.13. The van der Waals surface area contributed by atoms with Crippen LogP contribution in [0.15, 0.2) is 22.7 Å². The van der Waals surface area contributed by atoms with Crippen LogP contribution in [0.5, 0.6) is 0 Å². The highest BCUT2D eigenvalue weighted by Crippen LogP contribution is 2.21. The lowest BCUT2D eigenvalue weighted by molar-refractivity contribution is 0.456. The highest BCUT2D eigenvalue weighted by Gasteiger charge is 2.21. The Kier molecular flexibility index (Phi) is 4.14. The molecule has 0 aliphatic carbocycles. The monoisotopic (exact) mass is 305 g/mol. The normalized spacial score (nSPS) is 18.6. The maximum absolute atomic E-state index is 11.2. The molecular weight excluding hydrogens is 294 g/mol. The van der Waals surface area contributed by atoms with Crippen LogP contribution < -0.4 is 0 Å². The number of sulfonamides is 1. The molecule has 2 heterocycles. The van der Waals surface area contributed by atoms with Crippen molar-refractivity contribution in [2.24, 2.45) is 4.40 Å². The predicted octanol–water partition coefficient (Wildman–Crippen LogP) is 1.60. The number of aromatic nitrogens is 1. The zero-order chi connectivity index (χ0) is 13.2. The van der Waals surface area contributed by atoms with Crippen LogP contribution in [0.1, 0.15) is 5.56 Å². The maximum Gasteiger partial charge on any atom is 0.252 e. The molecule has 0 bridgehead atoms. The predicted molar refractivity (Wildman–Crippen MR) is 74.4 cm³/mol. The van der Waals surface area contributed by atoms with Gasteiger partial charge in [-0.15, -0.1) is 4.40 Å². The molecule has 1 fully saturated rings. The molecule has 0 atom stereocenters. The third kappa shape index (κ3) is 3.86. The molecular formula is C10H12ClN3O2S2. The number of pyridine rings is 1. The van der Waals surface area contributed by atoms with E-state index in [0.717, 1.165) is 24.1 Å². The van der Waals surface area contributed by atoms with E-state index >= 15 is 0 Å². The van der Waals surface area contributed by atoms with Crippen LogP contribution in [0.4, 0.5) is 0 Å². The largest absolute Gasteiger partial charge is 0.345 e. The van der Waals surface area contributed by atoms with Gasteiger partial charge in [0.2, 0.25) is 0 Å². The van der Waals surface area contributed by atoms with Crippen molar-refractivity contribution in [2.45, 2.75) is 6.54 Å². The summed E-state index contributed by atoms with van der Waals surface area (Å²) in [4.78, 5) is 5.92. The van der Waals surface area contributed by atoms with Crippen LogP contribution in [0.2, 0.25) is 5.15 Å². The van der Waals surface area contributed by atoms with Crippen molar-refractivity contribution < 1.29 is 8.42 Å². The topological polar surface area (TPSA) is 62.6 Å². The average Bonchev–Trinajstić information content (AvgIpc) is 2.67. The van der Waals surface area contributed by atoms with Crippen molar-refractivity contribution in [3.05, 3.63) is 29.0 Å². The van der Waals surface area contributed by atoms with Gasteiger partial charge in [-0.3, -0.25) is 0 Å². The Labute approximate surface area is 115 Å². The van der Waals surface area contributed by atoms with Gasteiger partial charge >= 0.3 is 0 Å². The summed E-state index contributed by atoms with van der Waals surface area (Å²) in [6, 6.07) is 3.59. The third-order valence-electron chi connectivity index (χ3n) is 2.27. The van der Waals surface area contributed by atoms with Gasteiger partial charge in [0.15, 0.2) is 5.17 Å². The zero-order valence-corrected chi connectivity index (χ0v) is 12.1. The first-order valence-electron chi connectivity index (χ1n) is 5.22. The van der Waals surface area contributed by atoms with Gasteiger partial charge < -0.3 is 4.90 Å². The number of hydrogen-bond acceptors (Lipinski definition) is 4. The number of rotatable bonds is 3. The van der Waals surface area contributed by atoms with Gasteiger partial charge in [-0.2, -0.15) is 0 Å².